The van der Waals surface area contributed by atoms with Crippen LogP contribution in [0.2, 0.25) is 0 Å². The molecule has 11 rings (SSSR count). The van der Waals surface area contributed by atoms with E-state index in [0.717, 1.165) is 39.0 Å². The van der Waals surface area contributed by atoms with Crippen LogP contribution in [0.3, 0.4) is 0 Å². The van der Waals surface area contributed by atoms with Gasteiger partial charge in [0.15, 0.2) is 0 Å². The third-order valence-electron chi connectivity index (χ3n) is 12.7. The summed E-state index contributed by atoms with van der Waals surface area (Å²) in [4.78, 5) is 2.41. The number of hydrogen-bond donors (Lipinski definition) is 0. The van der Waals surface area contributed by atoms with Crippen LogP contribution >= 0.6 is 0 Å². The Balaban J connectivity index is 0.00000218. The molecule has 0 aliphatic heterocycles. The monoisotopic (exact) mass is 737 g/mol. The average Bonchev–Trinajstić information content (AvgIpc) is 3.81. The molecule has 0 bridgehead atoms. The van der Waals surface area contributed by atoms with Gasteiger partial charge >= 0.3 is 0 Å². The predicted molar refractivity (Wildman–Crippen MR) is 243 cm³/mol. The van der Waals surface area contributed by atoms with Gasteiger partial charge in [-0.3, -0.25) is 0 Å². The lowest BCUT2D eigenvalue weighted by Gasteiger charge is -2.28. The lowest BCUT2D eigenvalue weighted by molar-refractivity contribution is 0.660. The highest BCUT2D eigenvalue weighted by atomic mass is 16.3. The maximum Gasteiger partial charge on any atom is 0.135 e. The van der Waals surface area contributed by atoms with Crippen molar-refractivity contribution in [1.82, 2.24) is 0 Å². The van der Waals surface area contributed by atoms with Gasteiger partial charge < -0.3 is 9.32 Å². The Bertz CT molecular complexity index is 3020. The first kappa shape index (κ1) is 34.8. The molecule has 0 unspecified atom stereocenters. The van der Waals surface area contributed by atoms with Crippen molar-refractivity contribution in [3.05, 3.63) is 198 Å². The molecule has 1 aromatic heterocycles. The van der Waals surface area contributed by atoms with Crippen molar-refractivity contribution in [2.24, 2.45) is 0 Å². The molecule has 0 amide bonds. The third kappa shape index (κ3) is 5.17. The summed E-state index contributed by atoms with van der Waals surface area (Å²) >= 11 is 0. The Morgan fingerprint density at radius 2 is 0.912 bits per heavy atom. The van der Waals surface area contributed by atoms with E-state index in [1.165, 1.54) is 66.8 Å². The number of benzene rings is 8. The molecule has 2 heteroatoms. The van der Waals surface area contributed by atoms with Gasteiger partial charge in [-0.15, -0.1) is 0 Å². The second kappa shape index (κ2) is 12.7. The zero-order valence-corrected chi connectivity index (χ0v) is 32.1. The van der Waals surface area contributed by atoms with E-state index in [1.54, 1.807) is 0 Å². The molecule has 8 aromatic carbocycles. The lowest BCUT2D eigenvalue weighted by atomic mass is 9.82. The summed E-state index contributed by atoms with van der Waals surface area (Å²) in [5.41, 5.74) is 20.8. The normalized spacial score (nSPS) is 14.1. The van der Waals surface area contributed by atoms with Gasteiger partial charge in [0.25, 0.3) is 0 Å². The van der Waals surface area contributed by atoms with E-state index in [0.29, 0.717) is 0 Å². The first-order valence-corrected chi connectivity index (χ1v) is 19.7. The van der Waals surface area contributed by atoms with Gasteiger partial charge in [-0.25, -0.2) is 0 Å². The first-order valence-electron chi connectivity index (χ1n) is 19.7. The van der Waals surface area contributed by atoms with E-state index in [4.69, 9.17) is 4.42 Å². The smallest absolute Gasteiger partial charge is 0.135 e. The van der Waals surface area contributed by atoms with Gasteiger partial charge in [0.05, 0.1) is 0 Å². The molecular weight excluding hydrogens is 691 g/mol. The third-order valence-corrected chi connectivity index (χ3v) is 12.7. The maximum atomic E-state index is 6.14. The second-order valence-corrected chi connectivity index (χ2v) is 16.5. The van der Waals surface area contributed by atoms with Gasteiger partial charge in [0.1, 0.15) is 11.2 Å². The summed E-state index contributed by atoms with van der Waals surface area (Å²) in [6, 6.07) is 64.6. The molecule has 57 heavy (non-hydrogen) atoms. The molecule has 0 saturated carbocycles. The number of para-hydroxylation sites is 1. The highest BCUT2D eigenvalue weighted by molar-refractivity contribution is 6.06. The molecule has 0 fully saturated rings. The predicted octanol–water partition coefficient (Wildman–Crippen LogP) is 15.9. The Hall–Kier alpha value is -6.64. The number of hydrogen-bond acceptors (Lipinski definition) is 2. The van der Waals surface area contributed by atoms with Crippen LogP contribution in [0.4, 0.5) is 17.1 Å². The molecular formula is C55H47NO. The van der Waals surface area contributed by atoms with E-state index < -0.39 is 0 Å². The number of nitrogens with zero attached hydrogens (tertiary/aromatic N) is 1. The number of rotatable bonds is 5. The molecule has 0 N–H and O–H groups in total. The van der Waals surface area contributed by atoms with Crippen molar-refractivity contribution in [3.63, 3.8) is 0 Å². The van der Waals surface area contributed by atoms with Crippen LogP contribution in [-0.4, -0.2) is 0 Å². The minimum atomic E-state index is -0.102. The van der Waals surface area contributed by atoms with Gasteiger partial charge in [-0.1, -0.05) is 156 Å². The van der Waals surface area contributed by atoms with Gasteiger partial charge in [-0.2, -0.15) is 0 Å². The SMILES string of the molecule is C.CC1(C)c2ccccc2-c2ccc(N(c3ccc(-c4ccc5oc6ccccc6c5c4)cc3)c3ccc(-c4cccc5c4-c4ccccc4C5(C)C)cc3)cc21.[HH]. The molecule has 1 heterocycles. The quantitative estimate of drug-likeness (QED) is 0.175. The van der Waals surface area contributed by atoms with Crippen molar-refractivity contribution in [3.8, 4) is 44.5 Å². The van der Waals surface area contributed by atoms with Crippen LogP contribution in [0.1, 0.15) is 58.8 Å². The van der Waals surface area contributed by atoms with Crippen LogP contribution in [0.5, 0.6) is 0 Å². The molecule has 2 aliphatic carbocycles. The van der Waals surface area contributed by atoms with Crippen molar-refractivity contribution in [2.75, 3.05) is 4.90 Å². The Kier molecular flexibility index (Phi) is 7.76. The van der Waals surface area contributed by atoms with Crippen LogP contribution in [0.15, 0.2) is 180 Å². The topological polar surface area (TPSA) is 16.4 Å². The maximum absolute atomic E-state index is 6.14. The summed E-state index contributed by atoms with van der Waals surface area (Å²) < 4.78 is 6.14. The largest absolute Gasteiger partial charge is 0.456 e. The minimum Gasteiger partial charge on any atom is -0.456 e. The zero-order chi connectivity index (χ0) is 37.8. The Labute approximate surface area is 337 Å². The minimum absolute atomic E-state index is 0. The van der Waals surface area contributed by atoms with Crippen molar-refractivity contribution in [2.45, 2.75) is 46.0 Å². The lowest BCUT2D eigenvalue weighted by Crippen LogP contribution is -2.16. The van der Waals surface area contributed by atoms with Crippen LogP contribution in [0, 0.1) is 0 Å². The molecule has 9 aromatic rings. The zero-order valence-electron chi connectivity index (χ0n) is 32.1. The molecule has 278 valence electrons. The molecule has 2 aliphatic rings. The fourth-order valence-electron chi connectivity index (χ4n) is 9.77. The van der Waals surface area contributed by atoms with E-state index in [1.807, 2.05) is 12.1 Å². The fraction of sp³-hybridized carbons (Fsp3) is 0.127. The van der Waals surface area contributed by atoms with Crippen LogP contribution < -0.4 is 4.90 Å². The van der Waals surface area contributed by atoms with E-state index >= 15 is 0 Å². The fourth-order valence-corrected chi connectivity index (χ4v) is 9.77. The van der Waals surface area contributed by atoms with E-state index in [2.05, 4.69) is 196 Å². The highest BCUT2D eigenvalue weighted by Gasteiger charge is 2.37. The standard InChI is InChI=1S/C54H41NO.CH4.H2/c1-53(2)47-17-9-6-14-44(47)52-40(15-11-18-48(52)53)35-22-27-38(28-23-35)55(39-29-30-42-41-12-5-8-16-46(41)54(3,4)49(42)33-39)37-25-20-34(21-26-37)36-24-31-51-45(32-36)43-13-7-10-19-50(43)56-51;;/h5-33H,1-4H3;1H4;1H. The number of anilines is 3. The van der Waals surface area contributed by atoms with Crippen molar-refractivity contribution < 1.29 is 5.84 Å². The summed E-state index contributed by atoms with van der Waals surface area (Å²) in [5, 5.41) is 2.28. The second-order valence-electron chi connectivity index (χ2n) is 16.5. The summed E-state index contributed by atoms with van der Waals surface area (Å²) in [7, 11) is 0. The summed E-state index contributed by atoms with van der Waals surface area (Å²) in [6.45, 7) is 9.41. The number of furan rings is 1. The van der Waals surface area contributed by atoms with Crippen molar-refractivity contribution >= 4 is 39.0 Å². The summed E-state index contributed by atoms with van der Waals surface area (Å²) in [5.74, 6) is 0. The Morgan fingerprint density at radius 3 is 1.67 bits per heavy atom. The Morgan fingerprint density at radius 1 is 0.386 bits per heavy atom. The molecule has 0 spiro atoms. The number of fused-ring (bicyclic) bond motifs is 9. The van der Waals surface area contributed by atoms with Crippen LogP contribution in [-0.2, 0) is 10.8 Å². The van der Waals surface area contributed by atoms with Gasteiger partial charge in [0.2, 0.25) is 0 Å². The highest BCUT2D eigenvalue weighted by Crippen LogP contribution is 2.53. The van der Waals surface area contributed by atoms with E-state index in [-0.39, 0.29) is 19.7 Å². The van der Waals surface area contributed by atoms with Gasteiger partial charge in [0, 0.05) is 40.1 Å². The average molecular weight is 738 g/mol. The first-order chi connectivity index (χ1) is 27.3. The molecule has 0 atom stereocenters. The molecule has 0 radical (unpaired) electrons. The van der Waals surface area contributed by atoms with Crippen molar-refractivity contribution in [1.29, 1.82) is 0 Å². The summed E-state index contributed by atoms with van der Waals surface area (Å²) in [6.07, 6.45) is 0. The molecule has 2 nitrogen and oxygen atoms in total. The van der Waals surface area contributed by atoms with Gasteiger partial charge in [-0.05, 0) is 121 Å². The van der Waals surface area contributed by atoms with E-state index in [9.17, 15) is 0 Å². The van der Waals surface area contributed by atoms with Crippen LogP contribution in [0.25, 0.3) is 66.4 Å². The molecule has 0 saturated heterocycles.